The Labute approximate surface area is 202 Å². The summed E-state index contributed by atoms with van der Waals surface area (Å²) in [5.74, 6) is 0.826. The van der Waals surface area contributed by atoms with Gasteiger partial charge in [0.1, 0.15) is 23.1 Å². The number of benzene rings is 2. The molecule has 0 saturated carbocycles. The summed E-state index contributed by atoms with van der Waals surface area (Å²) in [4.78, 5) is 18.4. The monoisotopic (exact) mass is 470 g/mol. The first-order chi connectivity index (χ1) is 16.5. The van der Waals surface area contributed by atoms with Crippen LogP contribution in [0.2, 0.25) is 0 Å². The lowest BCUT2D eigenvalue weighted by Gasteiger charge is -2.08. The number of thiazole rings is 1. The second kappa shape index (κ2) is 8.83. The zero-order valence-corrected chi connectivity index (χ0v) is 20.5. The molecule has 172 valence electrons. The van der Waals surface area contributed by atoms with Gasteiger partial charge in [0.25, 0.3) is 5.56 Å². The summed E-state index contributed by atoms with van der Waals surface area (Å²) in [5.41, 5.74) is 6.26. The normalized spacial score (nSPS) is 11.2. The van der Waals surface area contributed by atoms with Crippen molar-refractivity contribution in [1.82, 2.24) is 18.9 Å². The molecule has 0 spiro atoms. The molecular formula is C27H26N4O2S. The van der Waals surface area contributed by atoms with Crippen LogP contribution in [-0.2, 0) is 13.7 Å². The van der Waals surface area contributed by atoms with Gasteiger partial charge in [0.15, 0.2) is 0 Å². The maximum absolute atomic E-state index is 13.6. The smallest absolute Gasteiger partial charge is 0.295 e. The Morgan fingerprint density at radius 2 is 1.62 bits per heavy atom. The van der Waals surface area contributed by atoms with E-state index >= 15 is 0 Å². The van der Waals surface area contributed by atoms with Crippen LogP contribution >= 0.6 is 11.3 Å². The highest BCUT2D eigenvalue weighted by Gasteiger charge is 2.22. The number of ether oxygens (including phenoxy) is 1. The molecule has 0 aliphatic heterocycles. The molecule has 0 unspecified atom stereocenters. The minimum Gasteiger partial charge on any atom is -0.486 e. The molecule has 0 fully saturated rings. The Kier molecular flexibility index (Phi) is 5.71. The lowest BCUT2D eigenvalue weighted by molar-refractivity contribution is 0.305. The highest BCUT2D eigenvalue weighted by molar-refractivity contribution is 7.09. The van der Waals surface area contributed by atoms with Gasteiger partial charge in [-0.2, -0.15) is 0 Å². The van der Waals surface area contributed by atoms with E-state index < -0.39 is 0 Å². The van der Waals surface area contributed by atoms with Crippen LogP contribution in [0.1, 0.15) is 22.1 Å². The van der Waals surface area contributed by atoms with Gasteiger partial charge in [-0.25, -0.2) is 9.67 Å². The van der Waals surface area contributed by atoms with Crippen molar-refractivity contribution in [2.24, 2.45) is 7.05 Å². The van der Waals surface area contributed by atoms with Crippen LogP contribution < -0.4 is 10.3 Å². The molecule has 0 N–H and O–H groups in total. The van der Waals surface area contributed by atoms with Gasteiger partial charge in [-0.3, -0.25) is 9.48 Å². The highest BCUT2D eigenvalue weighted by atomic mass is 32.1. The van der Waals surface area contributed by atoms with Crippen LogP contribution in [-0.4, -0.2) is 18.9 Å². The van der Waals surface area contributed by atoms with Crippen molar-refractivity contribution in [1.29, 1.82) is 0 Å². The Bertz CT molecular complexity index is 1510. The quantitative estimate of drug-likeness (QED) is 0.325. The summed E-state index contributed by atoms with van der Waals surface area (Å²) < 4.78 is 11.5. The van der Waals surface area contributed by atoms with E-state index in [1.54, 1.807) is 16.0 Å². The summed E-state index contributed by atoms with van der Waals surface area (Å²) in [6.07, 6.45) is 0. The average Bonchev–Trinajstić information content (AvgIpc) is 3.49. The van der Waals surface area contributed by atoms with Crippen molar-refractivity contribution in [3.8, 4) is 28.4 Å². The molecule has 0 saturated heterocycles. The van der Waals surface area contributed by atoms with Crippen LogP contribution in [0.15, 0.2) is 76.9 Å². The van der Waals surface area contributed by atoms with Crippen molar-refractivity contribution in [3.63, 3.8) is 0 Å². The van der Waals surface area contributed by atoms with Gasteiger partial charge in [-0.1, -0.05) is 36.4 Å². The van der Waals surface area contributed by atoms with E-state index in [9.17, 15) is 4.79 Å². The second-order valence-electron chi connectivity index (χ2n) is 8.26. The Morgan fingerprint density at radius 1 is 0.941 bits per heavy atom. The number of hydrogen-bond acceptors (Lipinski definition) is 4. The third kappa shape index (κ3) is 3.78. The lowest BCUT2D eigenvalue weighted by atomic mass is 10.2. The molecule has 6 nitrogen and oxygen atoms in total. The number of nitrogens with zero attached hydrogens (tertiary/aromatic N) is 4. The molecule has 0 bridgehead atoms. The van der Waals surface area contributed by atoms with Crippen molar-refractivity contribution >= 4 is 11.3 Å². The molecular weight excluding hydrogens is 444 g/mol. The Morgan fingerprint density at radius 3 is 2.32 bits per heavy atom. The van der Waals surface area contributed by atoms with Gasteiger partial charge in [-0.05, 0) is 51.1 Å². The Hall–Kier alpha value is -3.84. The number of para-hydroxylation sites is 2. The van der Waals surface area contributed by atoms with Gasteiger partial charge in [-0.15, -0.1) is 11.3 Å². The fourth-order valence-electron chi connectivity index (χ4n) is 4.34. The molecule has 5 aromatic rings. The fraction of sp³-hybridized carbons (Fsp3) is 0.185. The van der Waals surface area contributed by atoms with E-state index in [1.165, 1.54) is 0 Å². The summed E-state index contributed by atoms with van der Waals surface area (Å²) in [5, 5.41) is 2.96. The van der Waals surface area contributed by atoms with Gasteiger partial charge >= 0.3 is 0 Å². The molecule has 0 amide bonds. The molecule has 5 rings (SSSR count). The van der Waals surface area contributed by atoms with Crippen LogP contribution in [0, 0.1) is 20.8 Å². The SMILES string of the molecule is Cc1cc(-c2csc(COc3ccccc3)n2)c(C)n1-c1c(C)n(C)n(-c2ccccc2)c1=O. The zero-order valence-electron chi connectivity index (χ0n) is 19.6. The number of hydrogen-bond donors (Lipinski definition) is 0. The lowest BCUT2D eigenvalue weighted by Crippen LogP contribution is -2.21. The van der Waals surface area contributed by atoms with Crippen molar-refractivity contribution in [2.75, 3.05) is 0 Å². The first kappa shape index (κ1) is 22.0. The minimum atomic E-state index is -0.0465. The topological polar surface area (TPSA) is 54.0 Å². The van der Waals surface area contributed by atoms with Crippen molar-refractivity contribution in [3.05, 3.63) is 105 Å². The number of aryl methyl sites for hydroxylation is 1. The van der Waals surface area contributed by atoms with Crippen LogP contribution in [0.25, 0.3) is 22.6 Å². The summed E-state index contributed by atoms with van der Waals surface area (Å²) >= 11 is 1.58. The maximum Gasteiger partial charge on any atom is 0.295 e. The van der Waals surface area contributed by atoms with Crippen LogP contribution in [0.4, 0.5) is 0 Å². The summed E-state index contributed by atoms with van der Waals surface area (Å²) in [7, 11) is 1.92. The third-order valence-electron chi connectivity index (χ3n) is 6.11. The molecule has 0 aliphatic rings. The Balaban J connectivity index is 1.51. The highest BCUT2D eigenvalue weighted by Crippen LogP contribution is 2.31. The minimum absolute atomic E-state index is 0.0465. The first-order valence-corrected chi connectivity index (χ1v) is 12.0. The van der Waals surface area contributed by atoms with Crippen LogP contribution in [0.5, 0.6) is 5.75 Å². The molecule has 0 aliphatic carbocycles. The van der Waals surface area contributed by atoms with E-state index in [0.717, 1.165) is 44.8 Å². The van der Waals surface area contributed by atoms with Crippen molar-refractivity contribution < 1.29 is 4.74 Å². The molecule has 0 atom stereocenters. The molecule has 7 heteroatoms. The van der Waals surface area contributed by atoms with Crippen molar-refractivity contribution in [2.45, 2.75) is 27.4 Å². The van der Waals surface area contributed by atoms with E-state index in [2.05, 4.69) is 11.4 Å². The molecule has 2 aromatic carbocycles. The van der Waals surface area contributed by atoms with Gasteiger partial charge in [0.2, 0.25) is 0 Å². The van der Waals surface area contributed by atoms with Gasteiger partial charge < -0.3 is 9.30 Å². The van der Waals surface area contributed by atoms with E-state index in [1.807, 2.05) is 97.7 Å². The predicted molar refractivity (Wildman–Crippen MR) is 136 cm³/mol. The number of rotatable bonds is 6. The van der Waals surface area contributed by atoms with Crippen LogP contribution in [0.3, 0.4) is 0 Å². The fourth-order valence-corrected chi connectivity index (χ4v) is 5.05. The van der Waals surface area contributed by atoms with Gasteiger partial charge in [0, 0.05) is 29.4 Å². The first-order valence-electron chi connectivity index (χ1n) is 11.1. The third-order valence-corrected chi connectivity index (χ3v) is 6.93. The largest absolute Gasteiger partial charge is 0.486 e. The summed E-state index contributed by atoms with van der Waals surface area (Å²) in [6.45, 7) is 6.48. The summed E-state index contributed by atoms with van der Waals surface area (Å²) in [6, 6.07) is 21.6. The van der Waals surface area contributed by atoms with Gasteiger partial charge in [0.05, 0.1) is 17.1 Å². The molecule has 34 heavy (non-hydrogen) atoms. The predicted octanol–water partition coefficient (Wildman–Crippen LogP) is 5.59. The maximum atomic E-state index is 13.6. The van der Waals surface area contributed by atoms with E-state index in [0.29, 0.717) is 12.3 Å². The molecule has 3 aromatic heterocycles. The molecule has 0 radical (unpaired) electrons. The molecule has 3 heterocycles. The van der Waals surface area contributed by atoms with E-state index in [4.69, 9.17) is 9.72 Å². The number of aromatic nitrogens is 4. The average molecular weight is 471 g/mol. The van der Waals surface area contributed by atoms with E-state index in [-0.39, 0.29) is 5.56 Å². The zero-order chi connectivity index (χ0) is 23.8. The standard InChI is InChI=1S/C27H26N4O2S/c1-18-15-23(24-17-34-25(28-24)16-33-22-13-9-6-10-14-22)19(2)30(18)26-20(3)29(4)31(27(26)32)21-11-7-5-8-12-21/h5-15,17H,16H2,1-4H3. The second-order valence-corrected chi connectivity index (χ2v) is 9.20.